The molecule has 0 aliphatic carbocycles. The Balaban J connectivity index is 2.30. The van der Waals surface area contributed by atoms with Crippen LogP contribution in [0.2, 0.25) is 5.02 Å². The van der Waals surface area contributed by atoms with Gasteiger partial charge < -0.3 is 5.32 Å². The largest absolute Gasteiger partial charge is 0.316 e. The van der Waals surface area contributed by atoms with Gasteiger partial charge in [-0.15, -0.1) is 0 Å². The van der Waals surface area contributed by atoms with E-state index in [4.69, 9.17) is 11.6 Å². The molecule has 0 spiro atoms. The number of halogens is 1. The van der Waals surface area contributed by atoms with Crippen LogP contribution in [0.15, 0.2) is 18.2 Å². The van der Waals surface area contributed by atoms with Crippen LogP contribution in [0.3, 0.4) is 0 Å². The van der Waals surface area contributed by atoms with Gasteiger partial charge in [0, 0.05) is 22.5 Å². The number of hydrogen-bond donors (Lipinski definition) is 1. The highest BCUT2D eigenvalue weighted by Gasteiger charge is 2.40. The van der Waals surface area contributed by atoms with Crippen molar-refractivity contribution in [3.63, 3.8) is 0 Å². The predicted molar refractivity (Wildman–Crippen MR) is 78.8 cm³/mol. The van der Waals surface area contributed by atoms with Crippen LogP contribution >= 0.6 is 11.6 Å². The van der Waals surface area contributed by atoms with Gasteiger partial charge in [0.25, 0.3) is 0 Å². The first-order chi connectivity index (χ1) is 8.59. The molecule has 1 aromatic rings. The molecular weight excluding hydrogens is 244 g/mol. The van der Waals surface area contributed by atoms with Gasteiger partial charge in [0.05, 0.1) is 0 Å². The summed E-state index contributed by atoms with van der Waals surface area (Å²) in [6, 6.07) is 5.64. The molecule has 0 amide bonds. The molecule has 1 unspecified atom stereocenters. The molecule has 1 aromatic carbocycles. The van der Waals surface area contributed by atoms with Gasteiger partial charge in [-0.3, -0.25) is 4.79 Å². The maximum absolute atomic E-state index is 12.7. The highest BCUT2D eigenvalue weighted by molar-refractivity contribution is 6.45. The molecule has 2 rings (SSSR count). The topological polar surface area (TPSA) is 29.1 Å². The van der Waals surface area contributed by atoms with Crippen molar-refractivity contribution in [2.75, 3.05) is 13.1 Å². The SMILES string of the molecule is Bc1ccc(C(=O)C2(CCC)CCNC2)cc1Cl. The Morgan fingerprint density at radius 3 is 2.89 bits per heavy atom. The van der Waals surface area contributed by atoms with E-state index in [1.807, 2.05) is 26.0 Å². The number of Topliss-reactive ketones (excluding diaryl/α,β-unsaturated/α-hetero) is 1. The summed E-state index contributed by atoms with van der Waals surface area (Å²) in [6.45, 7) is 3.87. The summed E-state index contributed by atoms with van der Waals surface area (Å²) in [5.41, 5.74) is 1.55. The Labute approximate surface area is 115 Å². The number of carbonyl (C=O) groups excluding carboxylic acids is 1. The van der Waals surface area contributed by atoms with Crippen molar-refractivity contribution in [1.29, 1.82) is 0 Å². The van der Waals surface area contributed by atoms with Crippen molar-refractivity contribution in [1.82, 2.24) is 5.32 Å². The van der Waals surface area contributed by atoms with Crippen molar-refractivity contribution in [3.8, 4) is 0 Å². The number of nitrogens with one attached hydrogen (secondary N) is 1. The van der Waals surface area contributed by atoms with E-state index in [1.54, 1.807) is 0 Å². The average molecular weight is 264 g/mol. The average Bonchev–Trinajstić information content (AvgIpc) is 2.82. The minimum atomic E-state index is -0.215. The number of ketones is 1. The van der Waals surface area contributed by atoms with Gasteiger partial charge in [-0.05, 0) is 25.5 Å². The Bertz CT molecular complexity index is 455. The summed E-state index contributed by atoms with van der Waals surface area (Å²) < 4.78 is 0. The van der Waals surface area contributed by atoms with Crippen molar-refractivity contribution >= 4 is 30.7 Å². The van der Waals surface area contributed by atoms with E-state index < -0.39 is 0 Å². The number of hydrogen-bond acceptors (Lipinski definition) is 2. The molecule has 1 heterocycles. The fraction of sp³-hybridized carbons (Fsp3) is 0.500. The molecule has 1 fully saturated rings. The van der Waals surface area contributed by atoms with Crippen LogP contribution in [0.4, 0.5) is 0 Å². The van der Waals surface area contributed by atoms with Gasteiger partial charge in [-0.1, -0.05) is 42.5 Å². The molecular formula is C14H19BClNO. The zero-order valence-corrected chi connectivity index (χ0v) is 11.8. The summed E-state index contributed by atoms with van der Waals surface area (Å²) in [6.07, 6.45) is 2.92. The van der Waals surface area contributed by atoms with Crippen LogP contribution < -0.4 is 10.8 Å². The fourth-order valence-corrected chi connectivity index (χ4v) is 2.96. The van der Waals surface area contributed by atoms with Crippen molar-refractivity contribution in [2.45, 2.75) is 26.2 Å². The van der Waals surface area contributed by atoms with Gasteiger partial charge in [0.15, 0.2) is 5.78 Å². The smallest absolute Gasteiger partial charge is 0.170 e. The lowest BCUT2D eigenvalue weighted by Crippen LogP contribution is -2.33. The van der Waals surface area contributed by atoms with Crippen molar-refractivity contribution in [2.24, 2.45) is 5.41 Å². The van der Waals surface area contributed by atoms with E-state index in [1.165, 1.54) is 0 Å². The second kappa shape index (κ2) is 5.46. The van der Waals surface area contributed by atoms with Crippen LogP contribution in [-0.4, -0.2) is 26.7 Å². The molecule has 0 bridgehead atoms. The molecule has 4 heteroatoms. The summed E-state index contributed by atoms with van der Waals surface area (Å²) in [7, 11) is 1.95. The fourth-order valence-electron chi connectivity index (χ4n) is 2.78. The quantitative estimate of drug-likeness (QED) is 0.660. The molecule has 1 saturated heterocycles. The molecule has 1 atom stereocenters. The number of rotatable bonds is 4. The third kappa shape index (κ3) is 2.48. The molecule has 18 heavy (non-hydrogen) atoms. The standard InChI is InChI=1S/C14H19BClNO/c1-2-5-14(6-7-17-9-14)13(18)10-3-4-11(15)12(16)8-10/h3-4,8,17H,2,5-7,9,15H2,1H3. The lowest BCUT2D eigenvalue weighted by Gasteiger charge is -2.26. The van der Waals surface area contributed by atoms with Crippen LogP contribution in [0.5, 0.6) is 0 Å². The minimum Gasteiger partial charge on any atom is -0.316 e. The molecule has 0 aromatic heterocycles. The van der Waals surface area contributed by atoms with Gasteiger partial charge in [0.1, 0.15) is 7.85 Å². The van der Waals surface area contributed by atoms with Crippen LogP contribution in [0.1, 0.15) is 36.5 Å². The Hall–Kier alpha value is -0.795. The van der Waals surface area contributed by atoms with E-state index >= 15 is 0 Å². The summed E-state index contributed by atoms with van der Waals surface area (Å²) in [5.74, 6) is 0.247. The predicted octanol–water partition coefficient (Wildman–Crippen LogP) is 1.56. The van der Waals surface area contributed by atoms with E-state index in [0.29, 0.717) is 5.02 Å². The maximum Gasteiger partial charge on any atom is 0.170 e. The molecule has 2 nitrogen and oxygen atoms in total. The Morgan fingerprint density at radius 2 is 2.33 bits per heavy atom. The summed E-state index contributed by atoms with van der Waals surface area (Å²) in [4.78, 5) is 12.7. The van der Waals surface area contributed by atoms with E-state index in [2.05, 4.69) is 12.2 Å². The first-order valence-corrected chi connectivity index (χ1v) is 6.98. The molecule has 1 aliphatic rings. The Morgan fingerprint density at radius 1 is 1.56 bits per heavy atom. The van der Waals surface area contributed by atoms with E-state index in [-0.39, 0.29) is 11.2 Å². The minimum absolute atomic E-state index is 0.215. The van der Waals surface area contributed by atoms with Gasteiger partial charge >= 0.3 is 0 Å². The second-order valence-corrected chi connectivity index (χ2v) is 5.66. The normalized spacial score (nSPS) is 23.2. The molecule has 0 saturated carbocycles. The molecule has 0 radical (unpaired) electrons. The van der Waals surface area contributed by atoms with Gasteiger partial charge in [-0.25, -0.2) is 0 Å². The highest BCUT2D eigenvalue weighted by Crippen LogP contribution is 2.35. The monoisotopic (exact) mass is 263 g/mol. The zero-order valence-electron chi connectivity index (χ0n) is 11.1. The maximum atomic E-state index is 12.7. The lowest BCUT2D eigenvalue weighted by atomic mass is 9.75. The van der Waals surface area contributed by atoms with E-state index in [0.717, 1.165) is 43.4 Å². The number of benzene rings is 1. The number of carbonyl (C=O) groups is 1. The zero-order chi connectivity index (χ0) is 13.2. The van der Waals surface area contributed by atoms with E-state index in [9.17, 15) is 4.79 Å². The summed E-state index contributed by atoms with van der Waals surface area (Å²) in [5, 5.41) is 4.00. The first kappa shape index (κ1) is 13.6. The van der Waals surface area contributed by atoms with Crippen LogP contribution in [0.25, 0.3) is 0 Å². The van der Waals surface area contributed by atoms with Crippen molar-refractivity contribution < 1.29 is 4.79 Å². The molecule has 1 aliphatic heterocycles. The van der Waals surface area contributed by atoms with Gasteiger partial charge in [-0.2, -0.15) is 0 Å². The third-order valence-corrected chi connectivity index (χ3v) is 4.30. The highest BCUT2D eigenvalue weighted by atomic mass is 35.5. The Kier molecular flexibility index (Phi) is 4.13. The third-order valence-electron chi connectivity index (χ3n) is 3.89. The van der Waals surface area contributed by atoms with Crippen molar-refractivity contribution in [3.05, 3.63) is 28.8 Å². The lowest BCUT2D eigenvalue weighted by molar-refractivity contribution is 0.0802. The van der Waals surface area contributed by atoms with Crippen LogP contribution in [-0.2, 0) is 0 Å². The van der Waals surface area contributed by atoms with Gasteiger partial charge in [0.2, 0.25) is 0 Å². The molecule has 1 N–H and O–H groups in total. The molecule has 96 valence electrons. The second-order valence-electron chi connectivity index (χ2n) is 5.25. The summed E-state index contributed by atoms with van der Waals surface area (Å²) >= 11 is 6.12. The first-order valence-electron chi connectivity index (χ1n) is 6.61. The van der Waals surface area contributed by atoms with Crippen LogP contribution in [0, 0.1) is 5.41 Å².